The average molecular weight is 417 g/mol. The Bertz CT molecular complexity index is 1120. The van der Waals surface area contributed by atoms with Crippen molar-refractivity contribution in [3.8, 4) is 11.4 Å². The molecule has 30 heavy (non-hydrogen) atoms. The lowest BCUT2D eigenvalue weighted by molar-refractivity contribution is -0.137. The fraction of sp³-hybridized carbons (Fsp3) is 0.211. The Labute approximate surface area is 167 Å². The number of urea groups is 1. The average Bonchev–Trinajstić information content (AvgIpc) is 3.28. The van der Waals surface area contributed by atoms with Gasteiger partial charge in [-0.05, 0) is 31.2 Å². The number of nitrogens with one attached hydrogen (secondary N) is 1. The van der Waals surface area contributed by atoms with Crippen LogP contribution >= 0.6 is 0 Å². The zero-order valence-electron chi connectivity index (χ0n) is 15.5. The lowest BCUT2D eigenvalue weighted by Gasteiger charge is -2.20. The number of imide groups is 1. The standard InChI is InChI=1S/C19H14F3N5O3/c1-18(13-7-2-3-8-23-13)16(28)27(17(29)25-18)10-14-24-15(26-30-14)11-5-4-6-12(9-11)19(20,21)22/h2-9H,10H2,1H3,(H,25,29). The SMILES string of the molecule is CC1(c2ccccn2)NC(=O)N(Cc2nc(-c3cccc(C(F)(F)F)c3)no2)C1=O. The van der Waals surface area contributed by atoms with Gasteiger partial charge in [-0.2, -0.15) is 18.2 Å². The molecule has 0 saturated carbocycles. The van der Waals surface area contributed by atoms with Crippen molar-refractivity contribution in [3.05, 3.63) is 65.8 Å². The van der Waals surface area contributed by atoms with E-state index in [1.807, 2.05) is 0 Å². The van der Waals surface area contributed by atoms with E-state index in [1.165, 1.54) is 25.3 Å². The maximum absolute atomic E-state index is 12.9. The van der Waals surface area contributed by atoms with Gasteiger partial charge in [0.05, 0.1) is 11.3 Å². The molecule has 8 nitrogen and oxygen atoms in total. The van der Waals surface area contributed by atoms with Crippen LogP contribution in [-0.4, -0.2) is 32.0 Å². The second-order valence-corrected chi connectivity index (χ2v) is 6.75. The Morgan fingerprint density at radius 1 is 1.17 bits per heavy atom. The molecule has 0 bridgehead atoms. The van der Waals surface area contributed by atoms with Crippen LogP contribution in [-0.2, 0) is 23.1 Å². The summed E-state index contributed by atoms with van der Waals surface area (Å²) >= 11 is 0. The van der Waals surface area contributed by atoms with Crippen molar-refractivity contribution in [3.63, 3.8) is 0 Å². The van der Waals surface area contributed by atoms with Gasteiger partial charge in [0.25, 0.3) is 5.91 Å². The molecule has 0 radical (unpaired) electrons. The predicted molar refractivity (Wildman–Crippen MR) is 95.4 cm³/mol. The van der Waals surface area contributed by atoms with Gasteiger partial charge in [0, 0.05) is 11.8 Å². The number of halogens is 3. The fourth-order valence-corrected chi connectivity index (χ4v) is 3.08. The zero-order chi connectivity index (χ0) is 21.5. The molecule has 4 rings (SSSR count). The molecule has 1 saturated heterocycles. The highest BCUT2D eigenvalue weighted by Crippen LogP contribution is 2.32. The number of benzene rings is 1. The summed E-state index contributed by atoms with van der Waals surface area (Å²) in [6, 6.07) is 8.75. The molecule has 0 spiro atoms. The van der Waals surface area contributed by atoms with Crippen molar-refractivity contribution in [2.45, 2.75) is 25.2 Å². The Kier molecular flexibility index (Phi) is 4.52. The van der Waals surface area contributed by atoms with Crippen molar-refractivity contribution in [2.24, 2.45) is 0 Å². The van der Waals surface area contributed by atoms with Crippen molar-refractivity contribution in [2.75, 3.05) is 0 Å². The Morgan fingerprint density at radius 2 is 1.97 bits per heavy atom. The topological polar surface area (TPSA) is 101 Å². The molecule has 3 aromatic rings. The highest BCUT2D eigenvalue weighted by atomic mass is 19.4. The highest BCUT2D eigenvalue weighted by Gasteiger charge is 2.50. The van der Waals surface area contributed by atoms with E-state index in [2.05, 4.69) is 20.4 Å². The van der Waals surface area contributed by atoms with Crippen LogP contribution in [0.1, 0.15) is 24.1 Å². The van der Waals surface area contributed by atoms with Gasteiger partial charge < -0.3 is 9.84 Å². The first-order valence-electron chi connectivity index (χ1n) is 8.74. The number of aromatic nitrogens is 3. The third-order valence-electron chi connectivity index (χ3n) is 4.66. The van der Waals surface area contributed by atoms with Crippen LogP contribution in [0.2, 0.25) is 0 Å². The molecule has 1 aliphatic heterocycles. The van der Waals surface area contributed by atoms with E-state index in [0.29, 0.717) is 5.69 Å². The molecule has 0 aliphatic carbocycles. The maximum Gasteiger partial charge on any atom is 0.416 e. The fourth-order valence-electron chi connectivity index (χ4n) is 3.08. The van der Waals surface area contributed by atoms with Gasteiger partial charge in [-0.3, -0.25) is 14.7 Å². The molecule has 1 aromatic carbocycles. The van der Waals surface area contributed by atoms with Gasteiger partial charge >= 0.3 is 12.2 Å². The summed E-state index contributed by atoms with van der Waals surface area (Å²) in [5.41, 5.74) is -1.76. The number of hydrogen-bond acceptors (Lipinski definition) is 6. The Morgan fingerprint density at radius 3 is 2.67 bits per heavy atom. The van der Waals surface area contributed by atoms with E-state index < -0.39 is 29.2 Å². The summed E-state index contributed by atoms with van der Waals surface area (Å²) in [5, 5.41) is 6.25. The molecule has 154 valence electrons. The maximum atomic E-state index is 12.9. The van der Waals surface area contributed by atoms with Gasteiger partial charge in [0.1, 0.15) is 6.54 Å². The molecule has 1 fully saturated rings. The predicted octanol–water partition coefficient (Wildman–Crippen LogP) is 3.12. The summed E-state index contributed by atoms with van der Waals surface area (Å²) in [6.45, 7) is 1.19. The number of alkyl halides is 3. The summed E-state index contributed by atoms with van der Waals surface area (Å²) in [4.78, 5) is 34.3. The number of hydrogen-bond donors (Lipinski definition) is 1. The second kappa shape index (κ2) is 6.94. The lowest BCUT2D eigenvalue weighted by atomic mass is 9.97. The first-order chi connectivity index (χ1) is 14.2. The minimum atomic E-state index is -4.52. The van der Waals surface area contributed by atoms with Gasteiger partial charge in [0.15, 0.2) is 5.54 Å². The van der Waals surface area contributed by atoms with Crippen molar-refractivity contribution >= 4 is 11.9 Å². The Hall–Kier alpha value is -3.76. The van der Waals surface area contributed by atoms with Crippen molar-refractivity contribution in [1.82, 2.24) is 25.3 Å². The summed E-state index contributed by atoms with van der Waals surface area (Å²) < 4.78 is 43.7. The molecule has 1 aliphatic rings. The number of carbonyl (C=O) groups is 2. The first-order valence-corrected chi connectivity index (χ1v) is 8.74. The molecule has 2 aromatic heterocycles. The minimum Gasteiger partial charge on any atom is -0.337 e. The van der Waals surface area contributed by atoms with Crippen molar-refractivity contribution < 1.29 is 27.3 Å². The Balaban J connectivity index is 1.56. The van der Waals surface area contributed by atoms with Gasteiger partial charge in [-0.15, -0.1) is 0 Å². The molecule has 11 heteroatoms. The van der Waals surface area contributed by atoms with E-state index in [0.717, 1.165) is 17.0 Å². The normalized spacial score (nSPS) is 19.3. The van der Waals surface area contributed by atoms with Crippen LogP contribution in [0.4, 0.5) is 18.0 Å². The number of nitrogens with zero attached hydrogens (tertiary/aromatic N) is 4. The molecule has 3 heterocycles. The third kappa shape index (κ3) is 3.38. The van der Waals surface area contributed by atoms with E-state index in [9.17, 15) is 22.8 Å². The molecular weight excluding hydrogens is 403 g/mol. The summed E-state index contributed by atoms with van der Waals surface area (Å²) in [6.07, 6.45) is -3.01. The van der Waals surface area contributed by atoms with Crippen LogP contribution in [0, 0.1) is 0 Å². The molecule has 1 atom stereocenters. The number of carbonyl (C=O) groups excluding carboxylic acids is 2. The monoisotopic (exact) mass is 417 g/mol. The van der Waals surface area contributed by atoms with E-state index in [1.54, 1.807) is 18.2 Å². The van der Waals surface area contributed by atoms with Gasteiger partial charge in [-0.25, -0.2) is 4.79 Å². The molecule has 3 amide bonds. The number of rotatable bonds is 4. The summed E-state index contributed by atoms with van der Waals surface area (Å²) in [7, 11) is 0. The van der Waals surface area contributed by atoms with Crippen LogP contribution in [0.25, 0.3) is 11.4 Å². The second-order valence-electron chi connectivity index (χ2n) is 6.75. The van der Waals surface area contributed by atoms with Crippen LogP contribution in [0.5, 0.6) is 0 Å². The summed E-state index contributed by atoms with van der Waals surface area (Å²) in [5.74, 6) is -0.753. The van der Waals surface area contributed by atoms with Crippen LogP contribution in [0.3, 0.4) is 0 Å². The van der Waals surface area contributed by atoms with E-state index in [-0.39, 0.29) is 23.8 Å². The van der Waals surface area contributed by atoms with Gasteiger partial charge in [0.2, 0.25) is 11.7 Å². The molecule has 1 N–H and O–H groups in total. The molecular formula is C19H14F3N5O3. The minimum absolute atomic E-state index is 0.0874. The van der Waals surface area contributed by atoms with Gasteiger partial charge in [-0.1, -0.05) is 23.4 Å². The molecule has 1 unspecified atom stereocenters. The van der Waals surface area contributed by atoms with E-state index in [4.69, 9.17) is 4.52 Å². The zero-order valence-corrected chi connectivity index (χ0v) is 15.5. The number of pyridine rings is 1. The van der Waals surface area contributed by atoms with Crippen LogP contribution < -0.4 is 5.32 Å². The third-order valence-corrected chi connectivity index (χ3v) is 4.66. The first kappa shape index (κ1) is 19.6. The lowest BCUT2D eigenvalue weighted by Crippen LogP contribution is -2.41. The van der Waals surface area contributed by atoms with E-state index >= 15 is 0 Å². The number of amides is 3. The quantitative estimate of drug-likeness (QED) is 0.655. The smallest absolute Gasteiger partial charge is 0.337 e. The largest absolute Gasteiger partial charge is 0.416 e. The van der Waals surface area contributed by atoms with Crippen molar-refractivity contribution in [1.29, 1.82) is 0 Å². The van der Waals surface area contributed by atoms with Crippen LogP contribution in [0.15, 0.2) is 53.2 Å². The highest BCUT2D eigenvalue weighted by molar-refractivity contribution is 6.06.